The van der Waals surface area contributed by atoms with Crippen molar-refractivity contribution in [1.82, 2.24) is 9.38 Å². The van der Waals surface area contributed by atoms with Crippen molar-refractivity contribution < 1.29 is 4.42 Å². The number of para-hydroxylation sites is 1. The van der Waals surface area contributed by atoms with Crippen LogP contribution in [0.4, 0.5) is 17.1 Å². The van der Waals surface area contributed by atoms with E-state index in [9.17, 15) is 0 Å². The molecule has 0 atom stereocenters. The van der Waals surface area contributed by atoms with Crippen LogP contribution in [0.3, 0.4) is 0 Å². The van der Waals surface area contributed by atoms with Gasteiger partial charge < -0.3 is 13.7 Å². The molecule has 0 aliphatic carbocycles. The standard InChI is InChI=1S/C45H29N3OS/c1-4-10-43-34(7-1)28-44(50-43)32-16-23-37(24-17-32)48(36-21-14-31(15-22-36)40-29-47-26-6-5-11-45(47)46-40)35-19-12-30(13-20-35)33-18-25-42-39(27-33)38-8-2-3-9-41(38)49-42/h1-29H. The zero-order valence-corrected chi connectivity index (χ0v) is 27.7. The summed E-state index contributed by atoms with van der Waals surface area (Å²) >= 11 is 1.83. The summed E-state index contributed by atoms with van der Waals surface area (Å²) < 4.78 is 9.45. The number of hydrogen-bond acceptors (Lipinski definition) is 4. The lowest BCUT2D eigenvalue weighted by Gasteiger charge is -2.26. The quantitative estimate of drug-likeness (QED) is 0.178. The number of thiophene rings is 1. The first-order valence-electron chi connectivity index (χ1n) is 16.7. The summed E-state index contributed by atoms with van der Waals surface area (Å²) in [6.07, 6.45) is 4.11. The lowest BCUT2D eigenvalue weighted by molar-refractivity contribution is 0.669. The van der Waals surface area contributed by atoms with E-state index >= 15 is 0 Å². The van der Waals surface area contributed by atoms with Crippen molar-refractivity contribution in [3.8, 4) is 32.8 Å². The maximum atomic E-state index is 6.08. The third-order valence-electron chi connectivity index (χ3n) is 9.46. The number of hydrogen-bond donors (Lipinski definition) is 0. The summed E-state index contributed by atoms with van der Waals surface area (Å²) in [6, 6.07) is 58.1. The molecule has 10 aromatic rings. The predicted molar refractivity (Wildman–Crippen MR) is 209 cm³/mol. The predicted octanol–water partition coefficient (Wildman–Crippen LogP) is 12.9. The van der Waals surface area contributed by atoms with E-state index in [1.54, 1.807) is 0 Å². The van der Waals surface area contributed by atoms with E-state index < -0.39 is 0 Å². The number of furan rings is 1. The summed E-state index contributed by atoms with van der Waals surface area (Å²) in [5, 5.41) is 3.55. The molecule has 0 N–H and O–H groups in total. The fourth-order valence-corrected chi connectivity index (χ4v) is 7.98. The smallest absolute Gasteiger partial charge is 0.137 e. The summed E-state index contributed by atoms with van der Waals surface area (Å²) in [7, 11) is 0. The van der Waals surface area contributed by atoms with Gasteiger partial charge in [-0.2, -0.15) is 0 Å². The molecule has 0 unspecified atom stereocenters. The van der Waals surface area contributed by atoms with Crippen LogP contribution in [0.5, 0.6) is 0 Å². The van der Waals surface area contributed by atoms with E-state index in [4.69, 9.17) is 9.40 Å². The SMILES string of the molecule is c1ccc2sc(-c3ccc(N(c4ccc(-c5ccc6oc7ccccc7c6c5)cc4)c4ccc(-c5cn6ccccc6n5)cc4)cc3)cc2c1. The van der Waals surface area contributed by atoms with Crippen LogP contribution in [-0.4, -0.2) is 9.38 Å². The molecule has 4 aromatic heterocycles. The van der Waals surface area contributed by atoms with Gasteiger partial charge in [-0.15, -0.1) is 11.3 Å². The van der Waals surface area contributed by atoms with Crippen LogP contribution in [0, 0.1) is 0 Å². The monoisotopic (exact) mass is 659 g/mol. The third kappa shape index (κ3) is 4.95. The van der Waals surface area contributed by atoms with Gasteiger partial charge in [0.2, 0.25) is 0 Å². The summed E-state index contributed by atoms with van der Waals surface area (Å²) in [5.41, 5.74) is 11.6. The number of aromatic nitrogens is 2. The third-order valence-corrected chi connectivity index (χ3v) is 10.6. The largest absolute Gasteiger partial charge is 0.456 e. The number of pyridine rings is 1. The number of nitrogens with zero attached hydrogens (tertiary/aromatic N) is 3. The van der Waals surface area contributed by atoms with E-state index in [0.29, 0.717) is 0 Å². The normalized spacial score (nSPS) is 11.6. The summed E-state index contributed by atoms with van der Waals surface area (Å²) in [5.74, 6) is 0. The summed E-state index contributed by atoms with van der Waals surface area (Å²) in [6.45, 7) is 0. The molecule has 4 heterocycles. The van der Waals surface area contributed by atoms with E-state index in [0.717, 1.165) is 67.0 Å². The lowest BCUT2D eigenvalue weighted by Crippen LogP contribution is -2.09. The Morgan fingerprint density at radius 2 is 1.16 bits per heavy atom. The molecule has 0 saturated heterocycles. The molecule has 0 spiro atoms. The van der Waals surface area contributed by atoms with E-state index in [-0.39, 0.29) is 0 Å². The van der Waals surface area contributed by atoms with Gasteiger partial charge in [-0.3, -0.25) is 0 Å². The molecule has 0 fully saturated rings. The van der Waals surface area contributed by atoms with Crippen molar-refractivity contribution in [2.45, 2.75) is 0 Å². The van der Waals surface area contributed by atoms with Crippen LogP contribution in [0.15, 0.2) is 181 Å². The minimum absolute atomic E-state index is 0.906. The van der Waals surface area contributed by atoms with Crippen LogP contribution >= 0.6 is 11.3 Å². The number of rotatable bonds is 6. The van der Waals surface area contributed by atoms with Gasteiger partial charge in [0.25, 0.3) is 0 Å². The first kappa shape index (κ1) is 28.6. The van der Waals surface area contributed by atoms with Crippen LogP contribution in [0.1, 0.15) is 0 Å². The van der Waals surface area contributed by atoms with Gasteiger partial charge in [0.15, 0.2) is 0 Å². The average Bonchev–Trinajstić information content (AvgIpc) is 3.91. The fourth-order valence-electron chi connectivity index (χ4n) is 6.91. The Balaban J connectivity index is 1.03. The molecule has 0 radical (unpaired) electrons. The van der Waals surface area contributed by atoms with Crippen molar-refractivity contribution in [3.05, 3.63) is 176 Å². The Labute approximate surface area is 292 Å². The molecule has 6 aromatic carbocycles. The number of fused-ring (bicyclic) bond motifs is 5. The first-order chi connectivity index (χ1) is 24.7. The van der Waals surface area contributed by atoms with Gasteiger partial charge in [-0.05, 0) is 101 Å². The van der Waals surface area contributed by atoms with Gasteiger partial charge >= 0.3 is 0 Å². The van der Waals surface area contributed by atoms with E-state index in [1.807, 2.05) is 47.9 Å². The fraction of sp³-hybridized carbons (Fsp3) is 0. The molecular weight excluding hydrogens is 631 g/mol. The van der Waals surface area contributed by atoms with Gasteiger partial charge in [-0.25, -0.2) is 4.98 Å². The van der Waals surface area contributed by atoms with Crippen molar-refractivity contribution in [3.63, 3.8) is 0 Å². The van der Waals surface area contributed by atoms with Crippen LogP contribution in [-0.2, 0) is 0 Å². The highest BCUT2D eigenvalue weighted by Crippen LogP contribution is 2.40. The van der Waals surface area contributed by atoms with Gasteiger partial charge in [0.1, 0.15) is 16.8 Å². The molecule has 236 valence electrons. The minimum Gasteiger partial charge on any atom is -0.456 e. The van der Waals surface area contributed by atoms with Crippen molar-refractivity contribution in [2.75, 3.05) is 4.90 Å². The maximum Gasteiger partial charge on any atom is 0.137 e. The van der Waals surface area contributed by atoms with Gasteiger partial charge in [0.05, 0.1) is 5.69 Å². The molecule has 4 nitrogen and oxygen atoms in total. The molecule has 0 amide bonds. The maximum absolute atomic E-state index is 6.08. The molecule has 0 aliphatic heterocycles. The highest BCUT2D eigenvalue weighted by Gasteiger charge is 2.15. The molecule has 50 heavy (non-hydrogen) atoms. The van der Waals surface area contributed by atoms with Crippen molar-refractivity contribution >= 4 is 66.1 Å². The molecule has 5 heteroatoms. The van der Waals surface area contributed by atoms with Crippen molar-refractivity contribution in [1.29, 1.82) is 0 Å². The van der Waals surface area contributed by atoms with E-state index in [2.05, 4.69) is 149 Å². The first-order valence-corrected chi connectivity index (χ1v) is 17.5. The van der Waals surface area contributed by atoms with Gasteiger partial charge in [-0.1, -0.05) is 84.9 Å². The molecule has 0 bridgehead atoms. The van der Waals surface area contributed by atoms with Crippen LogP contribution < -0.4 is 4.90 Å². The van der Waals surface area contributed by atoms with E-state index in [1.165, 1.54) is 20.5 Å². The Kier molecular flexibility index (Phi) is 6.64. The Morgan fingerprint density at radius 3 is 1.92 bits per heavy atom. The second-order valence-corrected chi connectivity index (χ2v) is 13.6. The second kappa shape index (κ2) is 11.6. The lowest BCUT2D eigenvalue weighted by atomic mass is 10.0. The van der Waals surface area contributed by atoms with Crippen LogP contribution in [0.25, 0.3) is 70.5 Å². The summed E-state index contributed by atoms with van der Waals surface area (Å²) in [4.78, 5) is 8.43. The Hall–Kier alpha value is -6.43. The Bertz CT molecular complexity index is 2620. The van der Waals surface area contributed by atoms with Crippen molar-refractivity contribution in [2.24, 2.45) is 0 Å². The van der Waals surface area contributed by atoms with Crippen LogP contribution in [0.2, 0.25) is 0 Å². The minimum atomic E-state index is 0.906. The zero-order chi connectivity index (χ0) is 33.0. The average molecular weight is 660 g/mol. The number of imidazole rings is 1. The highest BCUT2D eigenvalue weighted by molar-refractivity contribution is 7.22. The molecular formula is C45H29N3OS. The topological polar surface area (TPSA) is 33.7 Å². The molecule has 10 rings (SSSR count). The highest BCUT2D eigenvalue weighted by atomic mass is 32.1. The molecule has 0 saturated carbocycles. The number of anilines is 3. The molecule has 0 aliphatic rings. The van der Waals surface area contributed by atoms with Gasteiger partial charge in [0, 0.05) is 55.4 Å². The number of benzene rings is 6. The Morgan fingerprint density at radius 1 is 0.520 bits per heavy atom. The zero-order valence-electron chi connectivity index (χ0n) is 26.9. The second-order valence-electron chi connectivity index (χ2n) is 12.5.